The summed E-state index contributed by atoms with van der Waals surface area (Å²) in [6.45, 7) is 2.19. The fourth-order valence-electron chi connectivity index (χ4n) is 3.26. The lowest BCUT2D eigenvalue weighted by Gasteiger charge is -2.16. The van der Waals surface area contributed by atoms with Crippen molar-refractivity contribution in [3.8, 4) is 11.3 Å². The maximum absolute atomic E-state index is 6.10. The molecule has 0 fully saturated rings. The van der Waals surface area contributed by atoms with Gasteiger partial charge in [-0.1, -0.05) is 41.9 Å². The van der Waals surface area contributed by atoms with E-state index < -0.39 is 0 Å². The summed E-state index contributed by atoms with van der Waals surface area (Å²) in [4.78, 5) is 8.95. The molecular formula is C19H16ClN3. The van der Waals surface area contributed by atoms with E-state index in [1.165, 1.54) is 11.3 Å². The molecule has 4 heteroatoms. The van der Waals surface area contributed by atoms with Crippen LogP contribution in [0.25, 0.3) is 11.3 Å². The van der Waals surface area contributed by atoms with Crippen molar-refractivity contribution in [3.63, 3.8) is 0 Å². The van der Waals surface area contributed by atoms with Crippen molar-refractivity contribution in [2.45, 2.75) is 18.9 Å². The van der Waals surface area contributed by atoms with Gasteiger partial charge in [0.25, 0.3) is 0 Å². The van der Waals surface area contributed by atoms with E-state index in [-0.39, 0.29) is 5.92 Å². The molecule has 2 atom stereocenters. The van der Waals surface area contributed by atoms with Crippen LogP contribution in [0.2, 0.25) is 5.02 Å². The lowest BCUT2D eigenvalue weighted by Crippen LogP contribution is -2.18. The van der Waals surface area contributed by atoms with Gasteiger partial charge in [-0.3, -0.25) is 0 Å². The number of hydrogen-bond donors (Lipinski definition) is 1. The van der Waals surface area contributed by atoms with Crippen LogP contribution in [0.3, 0.4) is 0 Å². The van der Waals surface area contributed by atoms with Crippen LogP contribution < -0.4 is 5.32 Å². The number of halogens is 1. The second kappa shape index (κ2) is 5.67. The Balaban J connectivity index is 1.78. The van der Waals surface area contributed by atoms with Crippen molar-refractivity contribution in [1.29, 1.82) is 0 Å². The Labute approximate surface area is 140 Å². The molecule has 114 valence electrons. The van der Waals surface area contributed by atoms with Crippen LogP contribution in [0, 0.1) is 0 Å². The number of anilines is 1. The third-order valence-electron chi connectivity index (χ3n) is 4.31. The van der Waals surface area contributed by atoms with E-state index >= 15 is 0 Å². The van der Waals surface area contributed by atoms with Crippen LogP contribution in [0.5, 0.6) is 0 Å². The smallest absolute Gasteiger partial charge is 0.116 e. The maximum atomic E-state index is 6.10. The third-order valence-corrected chi connectivity index (χ3v) is 4.54. The van der Waals surface area contributed by atoms with Crippen LogP contribution >= 0.6 is 11.6 Å². The first-order valence-corrected chi connectivity index (χ1v) is 8.03. The predicted octanol–water partition coefficient (Wildman–Crippen LogP) is 4.74. The summed E-state index contributed by atoms with van der Waals surface area (Å²) in [6, 6.07) is 18.5. The summed E-state index contributed by atoms with van der Waals surface area (Å²) in [6.07, 6.45) is 1.64. The van der Waals surface area contributed by atoms with Crippen molar-refractivity contribution in [3.05, 3.63) is 77.2 Å². The van der Waals surface area contributed by atoms with E-state index in [1.807, 2.05) is 24.3 Å². The van der Waals surface area contributed by atoms with Crippen LogP contribution in [0.1, 0.15) is 24.1 Å². The molecule has 1 aromatic heterocycles. The quantitative estimate of drug-likeness (QED) is 0.740. The molecule has 0 aliphatic carbocycles. The highest BCUT2D eigenvalue weighted by Gasteiger charge is 2.31. The SMILES string of the molecule is CC1Nc2ccccc2C1c1cc(-c2cccc(Cl)c2)ncn1. The molecule has 3 nitrogen and oxygen atoms in total. The molecule has 4 rings (SSSR count). The van der Waals surface area contributed by atoms with Gasteiger partial charge in [0.1, 0.15) is 6.33 Å². The normalized spacial score (nSPS) is 19.2. The average molecular weight is 322 g/mol. The summed E-state index contributed by atoms with van der Waals surface area (Å²) < 4.78 is 0. The molecular weight excluding hydrogens is 306 g/mol. The molecule has 2 aromatic carbocycles. The number of aromatic nitrogens is 2. The van der Waals surface area contributed by atoms with Crippen molar-refractivity contribution < 1.29 is 0 Å². The van der Waals surface area contributed by atoms with Gasteiger partial charge in [0.2, 0.25) is 0 Å². The second-order valence-electron chi connectivity index (χ2n) is 5.84. The summed E-state index contributed by atoms with van der Waals surface area (Å²) in [5, 5.41) is 4.24. The van der Waals surface area contributed by atoms with Gasteiger partial charge in [0.05, 0.1) is 11.4 Å². The standard InChI is InChI=1S/C19H16ClN3/c1-12-19(15-7-2-3-8-16(15)23-12)18-10-17(21-11-22-18)13-5-4-6-14(20)9-13/h2-12,19,23H,1H3. The van der Waals surface area contributed by atoms with E-state index in [1.54, 1.807) is 6.33 Å². The van der Waals surface area contributed by atoms with Crippen LogP contribution in [-0.2, 0) is 0 Å². The molecule has 0 spiro atoms. The molecule has 1 aliphatic heterocycles. The van der Waals surface area contributed by atoms with Crippen molar-refractivity contribution in [2.75, 3.05) is 5.32 Å². The summed E-state index contributed by atoms with van der Waals surface area (Å²) in [7, 11) is 0. The number of nitrogens with zero attached hydrogens (tertiary/aromatic N) is 2. The predicted molar refractivity (Wildman–Crippen MR) is 93.8 cm³/mol. The van der Waals surface area contributed by atoms with E-state index in [0.29, 0.717) is 11.1 Å². The topological polar surface area (TPSA) is 37.8 Å². The number of nitrogens with one attached hydrogen (secondary N) is 1. The van der Waals surface area contributed by atoms with Gasteiger partial charge in [-0.2, -0.15) is 0 Å². The fraction of sp³-hybridized carbons (Fsp3) is 0.158. The summed E-state index contributed by atoms with van der Waals surface area (Å²) in [5.41, 5.74) is 5.41. The van der Waals surface area contributed by atoms with Gasteiger partial charge in [0.15, 0.2) is 0 Å². The van der Waals surface area contributed by atoms with E-state index in [2.05, 4.69) is 52.5 Å². The molecule has 2 heterocycles. The first-order chi connectivity index (χ1) is 11.2. The Hall–Kier alpha value is -2.39. The Morgan fingerprint density at radius 1 is 1.00 bits per heavy atom. The van der Waals surface area contributed by atoms with Gasteiger partial charge < -0.3 is 5.32 Å². The Bertz CT molecular complexity index is 862. The molecule has 0 radical (unpaired) electrons. The largest absolute Gasteiger partial charge is 0.381 e. The van der Waals surface area contributed by atoms with Crippen LogP contribution in [-0.4, -0.2) is 16.0 Å². The Morgan fingerprint density at radius 2 is 1.87 bits per heavy atom. The number of para-hydroxylation sites is 1. The van der Waals surface area contributed by atoms with Crippen molar-refractivity contribution in [2.24, 2.45) is 0 Å². The molecule has 0 saturated heterocycles. The maximum Gasteiger partial charge on any atom is 0.116 e. The Kier molecular flexibility index (Phi) is 3.50. The van der Waals surface area contributed by atoms with Gasteiger partial charge in [-0.05, 0) is 36.8 Å². The zero-order valence-electron chi connectivity index (χ0n) is 12.7. The molecule has 2 unspecified atom stereocenters. The Morgan fingerprint density at radius 3 is 2.74 bits per heavy atom. The summed E-state index contributed by atoms with van der Waals surface area (Å²) >= 11 is 6.10. The molecule has 0 amide bonds. The number of hydrogen-bond acceptors (Lipinski definition) is 3. The highest BCUT2D eigenvalue weighted by molar-refractivity contribution is 6.30. The van der Waals surface area contributed by atoms with Crippen LogP contribution in [0.4, 0.5) is 5.69 Å². The lowest BCUT2D eigenvalue weighted by molar-refractivity contribution is 0.703. The van der Waals surface area contributed by atoms with Crippen molar-refractivity contribution >= 4 is 17.3 Å². The van der Waals surface area contributed by atoms with Gasteiger partial charge >= 0.3 is 0 Å². The lowest BCUT2D eigenvalue weighted by atomic mass is 9.92. The second-order valence-corrected chi connectivity index (χ2v) is 6.27. The fourth-order valence-corrected chi connectivity index (χ4v) is 3.45. The minimum atomic E-state index is 0.229. The third kappa shape index (κ3) is 2.57. The molecule has 1 N–H and O–H groups in total. The monoisotopic (exact) mass is 321 g/mol. The number of rotatable bonds is 2. The zero-order valence-corrected chi connectivity index (χ0v) is 13.5. The highest BCUT2D eigenvalue weighted by Crippen LogP contribution is 2.39. The first-order valence-electron chi connectivity index (χ1n) is 7.66. The first kappa shape index (κ1) is 14.2. The van der Waals surface area contributed by atoms with Gasteiger partial charge in [-0.25, -0.2) is 9.97 Å². The minimum Gasteiger partial charge on any atom is -0.381 e. The summed E-state index contributed by atoms with van der Waals surface area (Å²) in [5.74, 6) is 0.229. The zero-order chi connectivity index (χ0) is 15.8. The number of fused-ring (bicyclic) bond motifs is 1. The van der Waals surface area contributed by atoms with E-state index in [4.69, 9.17) is 11.6 Å². The number of benzene rings is 2. The average Bonchev–Trinajstić information content (AvgIpc) is 2.91. The van der Waals surface area contributed by atoms with Crippen LogP contribution in [0.15, 0.2) is 60.9 Å². The van der Waals surface area contributed by atoms with Gasteiger partial charge in [-0.15, -0.1) is 0 Å². The van der Waals surface area contributed by atoms with E-state index in [0.717, 1.165) is 17.0 Å². The molecule has 0 bridgehead atoms. The molecule has 23 heavy (non-hydrogen) atoms. The molecule has 0 saturated carbocycles. The molecule has 3 aromatic rings. The molecule has 1 aliphatic rings. The van der Waals surface area contributed by atoms with Gasteiger partial charge in [0, 0.05) is 28.2 Å². The van der Waals surface area contributed by atoms with E-state index in [9.17, 15) is 0 Å². The minimum absolute atomic E-state index is 0.229. The van der Waals surface area contributed by atoms with Crippen molar-refractivity contribution in [1.82, 2.24) is 9.97 Å². The highest BCUT2D eigenvalue weighted by atomic mass is 35.5.